The lowest BCUT2D eigenvalue weighted by Crippen LogP contribution is -1.89. The van der Waals surface area contributed by atoms with Gasteiger partial charge in [-0.25, -0.2) is 4.79 Å². The van der Waals surface area contributed by atoms with E-state index in [1.54, 1.807) is 0 Å². The first-order valence-electron chi connectivity index (χ1n) is 3.61. The molecule has 1 aliphatic carbocycles. The third-order valence-corrected chi connectivity index (χ3v) is 1.90. The van der Waals surface area contributed by atoms with Crippen LogP contribution in [0, 0.1) is 5.92 Å². The minimum atomic E-state index is -0.802. The van der Waals surface area contributed by atoms with E-state index in [1.165, 1.54) is 6.08 Å². The minimum absolute atomic E-state index is 0.686. The summed E-state index contributed by atoms with van der Waals surface area (Å²) in [6.07, 6.45) is 4.46. The number of hydrogen-bond acceptors (Lipinski definition) is 1. The number of carbonyl (C=O) groups is 1. The molecule has 0 heterocycles. The first-order valence-corrected chi connectivity index (χ1v) is 3.61. The monoisotopic (exact) mass is 140 g/mol. The fraction of sp³-hybridized carbons (Fsp3) is 0.625. The lowest BCUT2D eigenvalue weighted by atomic mass is 10.1. The molecule has 0 bridgehead atoms. The van der Waals surface area contributed by atoms with Crippen LogP contribution in [0.2, 0.25) is 0 Å². The van der Waals surface area contributed by atoms with Gasteiger partial charge in [0.25, 0.3) is 0 Å². The normalized spacial score (nSPS) is 29.3. The van der Waals surface area contributed by atoms with Crippen molar-refractivity contribution in [2.75, 3.05) is 0 Å². The van der Waals surface area contributed by atoms with Gasteiger partial charge in [-0.05, 0) is 25.2 Å². The Morgan fingerprint density at radius 2 is 2.50 bits per heavy atom. The molecule has 0 aromatic rings. The molecule has 0 aromatic carbocycles. The third-order valence-electron chi connectivity index (χ3n) is 1.90. The number of allylic oxidation sites excluding steroid dienone is 1. The summed E-state index contributed by atoms with van der Waals surface area (Å²) in [6.45, 7) is 2.16. The highest BCUT2D eigenvalue weighted by atomic mass is 16.4. The smallest absolute Gasteiger partial charge is 0.328 e. The van der Waals surface area contributed by atoms with E-state index in [0.717, 1.165) is 24.8 Å². The molecule has 0 radical (unpaired) electrons. The molecular formula is C8H12O2. The van der Waals surface area contributed by atoms with Gasteiger partial charge in [0, 0.05) is 6.08 Å². The second kappa shape index (κ2) is 2.86. The molecule has 1 saturated carbocycles. The summed E-state index contributed by atoms with van der Waals surface area (Å²) >= 11 is 0. The van der Waals surface area contributed by atoms with Gasteiger partial charge in [0.05, 0.1) is 0 Å². The molecule has 10 heavy (non-hydrogen) atoms. The average molecular weight is 140 g/mol. The summed E-state index contributed by atoms with van der Waals surface area (Å²) in [4.78, 5) is 10.2. The molecule has 0 aliphatic heterocycles. The molecule has 0 unspecified atom stereocenters. The summed E-state index contributed by atoms with van der Waals surface area (Å²) in [5.74, 6) is -0.116. The molecule has 0 spiro atoms. The molecule has 2 nitrogen and oxygen atoms in total. The van der Waals surface area contributed by atoms with Crippen LogP contribution >= 0.6 is 0 Å². The van der Waals surface area contributed by atoms with Crippen molar-refractivity contribution in [1.29, 1.82) is 0 Å². The fourth-order valence-corrected chi connectivity index (χ4v) is 1.39. The van der Waals surface area contributed by atoms with Gasteiger partial charge in [-0.3, -0.25) is 0 Å². The van der Waals surface area contributed by atoms with Crippen molar-refractivity contribution >= 4 is 5.97 Å². The Morgan fingerprint density at radius 3 is 2.90 bits per heavy atom. The van der Waals surface area contributed by atoms with E-state index in [-0.39, 0.29) is 0 Å². The Bertz CT molecular complexity index is 170. The van der Waals surface area contributed by atoms with Crippen LogP contribution in [-0.2, 0) is 4.79 Å². The van der Waals surface area contributed by atoms with E-state index in [1.807, 2.05) is 0 Å². The molecule has 56 valence electrons. The average Bonchev–Trinajstić information content (AvgIpc) is 2.13. The van der Waals surface area contributed by atoms with Gasteiger partial charge in [-0.15, -0.1) is 0 Å². The lowest BCUT2D eigenvalue weighted by Gasteiger charge is -1.93. The number of carboxylic acid groups (broad SMARTS) is 1. The molecule has 0 aromatic heterocycles. The molecule has 0 saturated heterocycles. The number of carboxylic acids is 1. The van der Waals surface area contributed by atoms with Gasteiger partial charge in [-0.2, -0.15) is 0 Å². The third kappa shape index (κ3) is 1.87. The Hall–Kier alpha value is -0.790. The molecule has 1 aliphatic rings. The predicted molar refractivity (Wildman–Crippen MR) is 38.7 cm³/mol. The summed E-state index contributed by atoms with van der Waals surface area (Å²) in [6, 6.07) is 0. The Labute approximate surface area is 60.6 Å². The van der Waals surface area contributed by atoms with Crippen LogP contribution in [0.4, 0.5) is 0 Å². The maximum atomic E-state index is 10.2. The summed E-state index contributed by atoms with van der Waals surface area (Å²) in [7, 11) is 0. The second-order valence-corrected chi connectivity index (χ2v) is 2.99. The Kier molecular flexibility index (Phi) is 2.10. The van der Waals surface area contributed by atoms with Crippen molar-refractivity contribution in [3.63, 3.8) is 0 Å². The van der Waals surface area contributed by atoms with Gasteiger partial charge in [0.1, 0.15) is 0 Å². The van der Waals surface area contributed by atoms with E-state index in [9.17, 15) is 4.79 Å². The zero-order valence-electron chi connectivity index (χ0n) is 6.13. The van der Waals surface area contributed by atoms with E-state index in [4.69, 9.17) is 5.11 Å². The van der Waals surface area contributed by atoms with E-state index >= 15 is 0 Å². The number of aliphatic carboxylic acids is 1. The zero-order valence-corrected chi connectivity index (χ0v) is 6.13. The van der Waals surface area contributed by atoms with Crippen LogP contribution < -0.4 is 0 Å². The molecule has 1 atom stereocenters. The highest BCUT2D eigenvalue weighted by Gasteiger charge is 2.14. The molecule has 1 rings (SSSR count). The first kappa shape index (κ1) is 7.32. The van der Waals surface area contributed by atoms with Crippen LogP contribution in [0.5, 0.6) is 0 Å². The first-order chi connectivity index (χ1) is 4.68. The van der Waals surface area contributed by atoms with Crippen molar-refractivity contribution in [3.05, 3.63) is 11.6 Å². The van der Waals surface area contributed by atoms with Crippen molar-refractivity contribution in [1.82, 2.24) is 0 Å². The number of hydrogen-bond donors (Lipinski definition) is 1. The topological polar surface area (TPSA) is 37.3 Å². The van der Waals surface area contributed by atoms with Crippen molar-refractivity contribution in [3.8, 4) is 0 Å². The maximum Gasteiger partial charge on any atom is 0.328 e. The standard InChI is InChI=1S/C8H12O2/c1-6-2-3-7(4-6)5-8(9)10/h5-6H,2-4H2,1H3,(H,9,10)/b7-5+/t6-/m0/s1. The van der Waals surface area contributed by atoms with Crippen LogP contribution in [0.3, 0.4) is 0 Å². The second-order valence-electron chi connectivity index (χ2n) is 2.99. The van der Waals surface area contributed by atoms with Gasteiger partial charge in [0.2, 0.25) is 0 Å². The van der Waals surface area contributed by atoms with Crippen molar-refractivity contribution < 1.29 is 9.90 Å². The van der Waals surface area contributed by atoms with Gasteiger partial charge < -0.3 is 5.11 Å². The van der Waals surface area contributed by atoms with E-state index in [2.05, 4.69) is 6.92 Å². The van der Waals surface area contributed by atoms with Gasteiger partial charge in [-0.1, -0.05) is 12.5 Å². The maximum absolute atomic E-state index is 10.2. The SMILES string of the molecule is C[C@H]1CC/C(=C\C(=O)O)C1. The molecule has 0 amide bonds. The van der Waals surface area contributed by atoms with Crippen molar-refractivity contribution in [2.24, 2.45) is 5.92 Å². The van der Waals surface area contributed by atoms with Crippen LogP contribution in [0.1, 0.15) is 26.2 Å². The molecule has 1 fully saturated rings. The van der Waals surface area contributed by atoms with Crippen LogP contribution in [0.25, 0.3) is 0 Å². The van der Waals surface area contributed by atoms with Crippen LogP contribution in [-0.4, -0.2) is 11.1 Å². The summed E-state index contributed by atoms with van der Waals surface area (Å²) < 4.78 is 0. The summed E-state index contributed by atoms with van der Waals surface area (Å²) in [5, 5.41) is 8.38. The highest BCUT2D eigenvalue weighted by molar-refractivity contribution is 5.80. The van der Waals surface area contributed by atoms with E-state index < -0.39 is 5.97 Å². The fourth-order valence-electron chi connectivity index (χ4n) is 1.39. The summed E-state index contributed by atoms with van der Waals surface area (Å²) in [5.41, 5.74) is 1.10. The van der Waals surface area contributed by atoms with Crippen molar-refractivity contribution in [2.45, 2.75) is 26.2 Å². The van der Waals surface area contributed by atoms with E-state index in [0.29, 0.717) is 5.92 Å². The minimum Gasteiger partial charge on any atom is -0.478 e. The zero-order chi connectivity index (χ0) is 7.56. The Balaban J connectivity index is 2.51. The predicted octanol–water partition coefficient (Wildman–Crippen LogP) is 1.82. The molecular weight excluding hydrogens is 128 g/mol. The Morgan fingerprint density at radius 1 is 1.80 bits per heavy atom. The van der Waals surface area contributed by atoms with Gasteiger partial charge in [0.15, 0.2) is 0 Å². The molecule has 2 heteroatoms. The van der Waals surface area contributed by atoms with Gasteiger partial charge >= 0.3 is 5.97 Å². The van der Waals surface area contributed by atoms with Crippen LogP contribution in [0.15, 0.2) is 11.6 Å². The highest BCUT2D eigenvalue weighted by Crippen LogP contribution is 2.29. The molecule has 1 N–H and O–H groups in total. The number of rotatable bonds is 1. The largest absolute Gasteiger partial charge is 0.478 e. The lowest BCUT2D eigenvalue weighted by molar-refractivity contribution is -0.131. The quantitative estimate of drug-likeness (QED) is 0.564.